The number of nitrogens with zero attached hydrogens (tertiary/aromatic N) is 4. The summed E-state index contributed by atoms with van der Waals surface area (Å²) in [7, 11) is 6.86. The standard InChI is InChI=1S/C23H27N5O4/c1-27(2)15-25-16-5-10-22-20(11-16)21(23(24)29)13-28(22)12-17(26-31-4)14-32-19-8-6-18(30-3)7-9-19/h5-11,13,15H,12,14H2,1-4H3,(H2,24,29)/b25-15+,26-17-. The molecule has 0 saturated heterocycles. The molecule has 32 heavy (non-hydrogen) atoms. The second kappa shape index (κ2) is 10.3. The molecule has 0 saturated carbocycles. The number of aliphatic imine (C=N–C) groups is 1. The zero-order valence-electron chi connectivity index (χ0n) is 18.6. The van der Waals surface area contributed by atoms with Gasteiger partial charge in [0.1, 0.15) is 30.9 Å². The number of carbonyl (C=O) groups excluding carboxylic acids is 1. The number of hydrogen-bond acceptors (Lipinski definition) is 6. The van der Waals surface area contributed by atoms with E-state index in [0.29, 0.717) is 23.6 Å². The Labute approximate surface area is 186 Å². The van der Waals surface area contributed by atoms with Crippen LogP contribution < -0.4 is 15.2 Å². The zero-order chi connectivity index (χ0) is 23.1. The number of carbonyl (C=O) groups is 1. The van der Waals surface area contributed by atoms with Crippen molar-refractivity contribution >= 4 is 34.5 Å². The molecule has 0 aliphatic rings. The van der Waals surface area contributed by atoms with Crippen LogP contribution in [0.25, 0.3) is 10.9 Å². The van der Waals surface area contributed by atoms with E-state index < -0.39 is 5.91 Å². The van der Waals surface area contributed by atoms with Crippen molar-refractivity contribution in [2.75, 3.05) is 34.9 Å². The topological polar surface area (TPSA) is 104 Å². The number of fused-ring (bicyclic) bond motifs is 1. The maximum Gasteiger partial charge on any atom is 0.250 e. The molecule has 3 rings (SSSR count). The minimum absolute atomic E-state index is 0.205. The van der Waals surface area contributed by atoms with Gasteiger partial charge in [-0.15, -0.1) is 0 Å². The Morgan fingerprint density at radius 3 is 2.47 bits per heavy atom. The molecular formula is C23H27N5O4. The molecule has 1 aromatic heterocycles. The fourth-order valence-electron chi connectivity index (χ4n) is 3.14. The summed E-state index contributed by atoms with van der Waals surface area (Å²) in [5.41, 5.74) is 8.22. The monoisotopic (exact) mass is 437 g/mol. The van der Waals surface area contributed by atoms with Crippen LogP contribution in [-0.4, -0.2) is 62.3 Å². The highest BCUT2D eigenvalue weighted by Gasteiger charge is 2.15. The molecule has 0 aliphatic heterocycles. The molecule has 0 atom stereocenters. The summed E-state index contributed by atoms with van der Waals surface area (Å²) in [5.74, 6) is 0.908. The number of amides is 1. The van der Waals surface area contributed by atoms with Crippen LogP contribution in [0.15, 0.2) is 58.8 Å². The van der Waals surface area contributed by atoms with Crippen LogP contribution in [0.2, 0.25) is 0 Å². The number of primary amides is 1. The molecule has 1 heterocycles. The highest BCUT2D eigenvalue weighted by atomic mass is 16.6. The molecule has 0 spiro atoms. The van der Waals surface area contributed by atoms with Gasteiger partial charge in [0.25, 0.3) is 5.91 Å². The lowest BCUT2D eigenvalue weighted by molar-refractivity contribution is 0.100. The van der Waals surface area contributed by atoms with Gasteiger partial charge in [-0.1, -0.05) is 5.16 Å². The van der Waals surface area contributed by atoms with Crippen molar-refractivity contribution in [1.82, 2.24) is 9.47 Å². The fraction of sp³-hybridized carbons (Fsp3) is 0.261. The number of nitrogens with two attached hydrogens (primary N) is 1. The minimum atomic E-state index is -0.512. The molecule has 0 radical (unpaired) electrons. The molecule has 0 fully saturated rings. The van der Waals surface area contributed by atoms with Crippen molar-refractivity contribution < 1.29 is 19.1 Å². The Balaban J connectivity index is 1.85. The predicted molar refractivity (Wildman–Crippen MR) is 125 cm³/mol. The SMILES string of the molecule is CO/N=C(\COc1ccc(OC)cc1)Cn1cc(C(N)=O)c2cc(/N=C/N(C)C)ccc21. The molecule has 168 valence electrons. The normalized spacial score (nSPS) is 11.7. The van der Waals surface area contributed by atoms with Crippen molar-refractivity contribution in [3.63, 3.8) is 0 Å². The Bertz CT molecular complexity index is 1130. The van der Waals surface area contributed by atoms with Gasteiger partial charge in [-0.25, -0.2) is 4.99 Å². The molecule has 2 N–H and O–H groups in total. The maximum atomic E-state index is 12.1. The van der Waals surface area contributed by atoms with Gasteiger partial charge in [0.05, 0.1) is 31.2 Å². The van der Waals surface area contributed by atoms with Crippen LogP contribution in [0, 0.1) is 0 Å². The molecule has 0 unspecified atom stereocenters. The van der Waals surface area contributed by atoms with Crippen LogP contribution in [0.1, 0.15) is 10.4 Å². The van der Waals surface area contributed by atoms with Crippen LogP contribution in [0.4, 0.5) is 5.69 Å². The average Bonchev–Trinajstić information content (AvgIpc) is 3.14. The van der Waals surface area contributed by atoms with Crippen LogP contribution in [0.3, 0.4) is 0 Å². The van der Waals surface area contributed by atoms with E-state index in [9.17, 15) is 4.79 Å². The van der Waals surface area contributed by atoms with Gasteiger partial charge in [0.15, 0.2) is 0 Å². The smallest absolute Gasteiger partial charge is 0.250 e. The van der Waals surface area contributed by atoms with E-state index in [1.807, 2.05) is 66.0 Å². The third-order valence-electron chi connectivity index (χ3n) is 4.61. The first-order valence-corrected chi connectivity index (χ1v) is 9.90. The molecular weight excluding hydrogens is 410 g/mol. The Kier molecular flexibility index (Phi) is 7.33. The number of hydrogen-bond donors (Lipinski definition) is 1. The quantitative estimate of drug-likeness (QED) is 0.298. The highest BCUT2D eigenvalue weighted by molar-refractivity contribution is 6.07. The average molecular weight is 438 g/mol. The summed E-state index contributed by atoms with van der Waals surface area (Å²) >= 11 is 0. The number of aromatic nitrogens is 1. The van der Waals surface area contributed by atoms with Crippen molar-refractivity contribution in [2.45, 2.75) is 6.54 Å². The van der Waals surface area contributed by atoms with Gasteiger partial charge < -0.3 is 29.5 Å². The summed E-state index contributed by atoms with van der Waals surface area (Å²) in [6.07, 6.45) is 3.41. The largest absolute Gasteiger partial charge is 0.497 e. The van der Waals surface area contributed by atoms with Gasteiger partial charge in [0, 0.05) is 31.2 Å². The van der Waals surface area contributed by atoms with Crippen LogP contribution in [-0.2, 0) is 11.4 Å². The highest BCUT2D eigenvalue weighted by Crippen LogP contribution is 2.26. The van der Waals surface area contributed by atoms with Crippen molar-refractivity contribution in [1.29, 1.82) is 0 Å². The van der Waals surface area contributed by atoms with Gasteiger partial charge in [-0.05, 0) is 42.5 Å². The molecule has 1 amide bonds. The first kappa shape index (κ1) is 22.7. The van der Waals surface area contributed by atoms with E-state index in [2.05, 4.69) is 10.1 Å². The van der Waals surface area contributed by atoms with Gasteiger partial charge in [0.2, 0.25) is 0 Å². The third-order valence-corrected chi connectivity index (χ3v) is 4.61. The van der Waals surface area contributed by atoms with E-state index in [1.54, 1.807) is 19.6 Å². The predicted octanol–water partition coefficient (Wildman–Crippen LogP) is 3.05. The molecule has 0 bridgehead atoms. The number of benzene rings is 2. The van der Waals surface area contributed by atoms with Crippen molar-refractivity contribution in [2.24, 2.45) is 15.9 Å². The van der Waals surface area contributed by atoms with Crippen LogP contribution in [0.5, 0.6) is 11.5 Å². The summed E-state index contributed by atoms with van der Waals surface area (Å²) in [6.45, 7) is 0.561. The number of methoxy groups -OCH3 is 1. The second-order valence-electron chi connectivity index (χ2n) is 7.25. The third kappa shape index (κ3) is 5.57. The van der Waals surface area contributed by atoms with E-state index in [-0.39, 0.29) is 6.61 Å². The van der Waals surface area contributed by atoms with E-state index in [4.69, 9.17) is 20.0 Å². The van der Waals surface area contributed by atoms with E-state index in [1.165, 1.54) is 7.11 Å². The molecule has 9 nitrogen and oxygen atoms in total. The molecule has 9 heteroatoms. The summed E-state index contributed by atoms with van der Waals surface area (Å²) in [4.78, 5) is 23.3. The van der Waals surface area contributed by atoms with Crippen LogP contribution >= 0.6 is 0 Å². The maximum absolute atomic E-state index is 12.1. The summed E-state index contributed by atoms with van der Waals surface area (Å²) in [5, 5.41) is 4.82. The van der Waals surface area contributed by atoms with Gasteiger partial charge in [-0.3, -0.25) is 4.79 Å². The molecule has 3 aromatic rings. The Morgan fingerprint density at radius 2 is 1.84 bits per heavy atom. The first-order chi connectivity index (χ1) is 15.4. The minimum Gasteiger partial charge on any atom is -0.497 e. The fourth-order valence-corrected chi connectivity index (χ4v) is 3.14. The Morgan fingerprint density at radius 1 is 1.12 bits per heavy atom. The first-order valence-electron chi connectivity index (χ1n) is 9.90. The van der Waals surface area contributed by atoms with Crippen molar-refractivity contribution in [3.05, 3.63) is 54.2 Å². The van der Waals surface area contributed by atoms with E-state index >= 15 is 0 Å². The summed E-state index contributed by atoms with van der Waals surface area (Å²) < 4.78 is 12.9. The Hall–Kier alpha value is -4.01. The lowest BCUT2D eigenvalue weighted by atomic mass is 10.1. The summed E-state index contributed by atoms with van der Waals surface area (Å²) in [6, 6.07) is 12.9. The number of ether oxygens (including phenoxy) is 2. The number of rotatable bonds is 10. The zero-order valence-corrected chi connectivity index (χ0v) is 18.6. The molecule has 0 aliphatic carbocycles. The lowest BCUT2D eigenvalue weighted by Crippen LogP contribution is -2.18. The van der Waals surface area contributed by atoms with Crippen molar-refractivity contribution in [3.8, 4) is 11.5 Å². The van der Waals surface area contributed by atoms with Gasteiger partial charge >= 0.3 is 0 Å². The number of oxime groups is 1. The lowest BCUT2D eigenvalue weighted by Gasteiger charge is -2.11. The van der Waals surface area contributed by atoms with Gasteiger partial charge in [-0.2, -0.15) is 0 Å². The second-order valence-corrected chi connectivity index (χ2v) is 7.25. The van der Waals surface area contributed by atoms with E-state index in [0.717, 1.165) is 22.3 Å². The molecule has 2 aromatic carbocycles.